The van der Waals surface area contributed by atoms with Gasteiger partial charge >= 0.3 is 0 Å². The van der Waals surface area contributed by atoms with E-state index in [-0.39, 0.29) is 12.1 Å². The minimum absolute atomic E-state index is 0.0448. The molecule has 0 saturated heterocycles. The Hall–Kier alpha value is -1.66. The van der Waals surface area contributed by atoms with Gasteiger partial charge in [0.1, 0.15) is 5.82 Å². The van der Waals surface area contributed by atoms with Crippen LogP contribution in [0.4, 0.5) is 5.82 Å². The number of nitrogens with one attached hydrogen (secondary N) is 1. The van der Waals surface area contributed by atoms with E-state index in [4.69, 9.17) is 4.74 Å². The highest BCUT2D eigenvalue weighted by Gasteiger charge is 2.27. The van der Waals surface area contributed by atoms with Gasteiger partial charge in [0.2, 0.25) is 5.91 Å². The van der Waals surface area contributed by atoms with Gasteiger partial charge in [0.25, 0.3) is 0 Å². The lowest BCUT2D eigenvalue weighted by Crippen LogP contribution is -2.29. The molecular formula is C14H14BrN3O2. The number of carbonyl (C=O) groups excluding carboxylic acids is 1. The first kappa shape index (κ1) is 13.3. The number of hydrogen-bond donors (Lipinski definition) is 1. The molecular weight excluding hydrogens is 322 g/mol. The zero-order valence-electron chi connectivity index (χ0n) is 11.0. The molecule has 1 atom stereocenters. The number of halogens is 1. The van der Waals surface area contributed by atoms with Gasteiger partial charge in [-0.1, -0.05) is 28.1 Å². The molecule has 1 amide bonds. The molecule has 1 aliphatic rings. The van der Waals surface area contributed by atoms with Crippen LogP contribution in [0.25, 0.3) is 11.3 Å². The third kappa shape index (κ3) is 2.48. The number of hydrogen-bond acceptors (Lipinski definition) is 3. The van der Waals surface area contributed by atoms with Crippen molar-refractivity contribution in [1.82, 2.24) is 9.78 Å². The van der Waals surface area contributed by atoms with Crippen molar-refractivity contribution in [2.45, 2.75) is 19.6 Å². The third-order valence-electron chi connectivity index (χ3n) is 3.12. The molecule has 0 saturated carbocycles. The summed E-state index contributed by atoms with van der Waals surface area (Å²) in [6.45, 7) is 2.45. The summed E-state index contributed by atoms with van der Waals surface area (Å²) in [6.07, 6.45) is -0.0369. The second-order valence-electron chi connectivity index (χ2n) is 4.53. The molecule has 1 unspecified atom stereocenters. The summed E-state index contributed by atoms with van der Waals surface area (Å²) in [7, 11) is 0. The number of rotatable bonds is 3. The Morgan fingerprint density at radius 1 is 1.50 bits per heavy atom. The number of carbonyl (C=O) groups is 1. The van der Waals surface area contributed by atoms with Gasteiger partial charge in [0.15, 0.2) is 6.23 Å². The molecule has 1 aromatic heterocycles. The summed E-state index contributed by atoms with van der Waals surface area (Å²) in [5, 5.41) is 7.38. The van der Waals surface area contributed by atoms with Crippen molar-refractivity contribution in [2.24, 2.45) is 0 Å². The molecule has 0 bridgehead atoms. The average molecular weight is 336 g/mol. The standard InChI is InChI=1S/C14H14BrN3O2/c1-2-20-14-8-13(19)16-12-7-11(17-18(12)14)9-4-3-5-10(15)6-9/h3-7,14H,2,8H2,1H3,(H,16,19). The molecule has 0 radical (unpaired) electrons. The highest BCUT2D eigenvalue weighted by atomic mass is 79.9. The number of nitrogens with zero attached hydrogens (tertiary/aromatic N) is 2. The summed E-state index contributed by atoms with van der Waals surface area (Å²) in [5.41, 5.74) is 1.80. The molecule has 2 heterocycles. The van der Waals surface area contributed by atoms with Gasteiger partial charge in [-0.05, 0) is 19.1 Å². The zero-order valence-corrected chi connectivity index (χ0v) is 12.6. The lowest BCUT2D eigenvalue weighted by Gasteiger charge is -2.23. The summed E-state index contributed by atoms with van der Waals surface area (Å²) in [4.78, 5) is 11.7. The Balaban J connectivity index is 2.01. The Morgan fingerprint density at radius 3 is 3.10 bits per heavy atom. The van der Waals surface area contributed by atoms with Gasteiger partial charge < -0.3 is 10.1 Å². The minimum atomic E-state index is -0.329. The normalized spacial score (nSPS) is 17.7. The second-order valence-corrected chi connectivity index (χ2v) is 5.45. The Bertz CT molecular complexity index is 654. The van der Waals surface area contributed by atoms with Gasteiger partial charge in [0.05, 0.1) is 12.1 Å². The monoisotopic (exact) mass is 335 g/mol. The van der Waals surface area contributed by atoms with E-state index in [1.807, 2.05) is 37.3 Å². The predicted octanol–water partition coefficient (Wildman–Crippen LogP) is 3.19. The van der Waals surface area contributed by atoms with Crippen LogP contribution in [0.2, 0.25) is 0 Å². The summed E-state index contributed by atoms with van der Waals surface area (Å²) >= 11 is 3.45. The van der Waals surface area contributed by atoms with E-state index in [9.17, 15) is 4.79 Å². The first-order valence-corrected chi connectivity index (χ1v) is 7.23. The lowest BCUT2D eigenvalue weighted by atomic mass is 10.1. The van der Waals surface area contributed by atoms with Crippen LogP contribution in [-0.2, 0) is 9.53 Å². The molecule has 20 heavy (non-hydrogen) atoms. The number of aromatic nitrogens is 2. The topological polar surface area (TPSA) is 56.1 Å². The van der Waals surface area contributed by atoms with Gasteiger partial charge in [-0.25, -0.2) is 4.68 Å². The molecule has 3 rings (SSSR count). The molecule has 2 aromatic rings. The van der Waals surface area contributed by atoms with Crippen molar-refractivity contribution < 1.29 is 9.53 Å². The van der Waals surface area contributed by atoms with Crippen LogP contribution < -0.4 is 5.32 Å². The maximum atomic E-state index is 11.7. The van der Waals surface area contributed by atoms with E-state index in [0.29, 0.717) is 18.8 Å². The minimum Gasteiger partial charge on any atom is -0.356 e. The van der Waals surface area contributed by atoms with Crippen molar-refractivity contribution in [3.63, 3.8) is 0 Å². The highest BCUT2D eigenvalue weighted by Crippen LogP contribution is 2.30. The summed E-state index contributed by atoms with van der Waals surface area (Å²) in [6, 6.07) is 9.76. The predicted molar refractivity (Wildman–Crippen MR) is 79.3 cm³/mol. The van der Waals surface area contributed by atoms with Gasteiger partial charge in [-0.3, -0.25) is 4.79 Å². The van der Waals surface area contributed by atoms with Crippen molar-refractivity contribution in [1.29, 1.82) is 0 Å². The number of benzene rings is 1. The fraction of sp³-hybridized carbons (Fsp3) is 0.286. The maximum Gasteiger partial charge on any atom is 0.230 e. The second kappa shape index (κ2) is 5.38. The SMILES string of the molecule is CCOC1CC(=O)Nc2cc(-c3cccc(Br)c3)nn21. The van der Waals surface area contributed by atoms with Crippen molar-refractivity contribution >= 4 is 27.7 Å². The number of ether oxygens (including phenoxy) is 1. The van der Waals surface area contributed by atoms with Crippen molar-refractivity contribution in [3.05, 3.63) is 34.8 Å². The van der Waals surface area contributed by atoms with Gasteiger partial charge in [-0.15, -0.1) is 0 Å². The number of fused-ring (bicyclic) bond motifs is 1. The van der Waals surface area contributed by atoms with E-state index in [0.717, 1.165) is 15.7 Å². The first-order valence-electron chi connectivity index (χ1n) is 6.44. The fourth-order valence-electron chi connectivity index (χ4n) is 2.26. The average Bonchev–Trinajstić information content (AvgIpc) is 2.83. The van der Waals surface area contributed by atoms with Crippen LogP contribution in [0.5, 0.6) is 0 Å². The zero-order chi connectivity index (χ0) is 14.1. The van der Waals surface area contributed by atoms with Crippen LogP contribution in [-0.4, -0.2) is 22.3 Å². The number of anilines is 1. The maximum absolute atomic E-state index is 11.7. The first-order chi connectivity index (χ1) is 9.67. The van der Waals surface area contributed by atoms with Crippen molar-refractivity contribution in [2.75, 3.05) is 11.9 Å². The van der Waals surface area contributed by atoms with E-state index in [1.165, 1.54) is 0 Å². The van der Waals surface area contributed by atoms with Gasteiger partial charge in [0, 0.05) is 22.7 Å². The lowest BCUT2D eigenvalue weighted by molar-refractivity contribution is -0.122. The molecule has 5 nitrogen and oxygen atoms in total. The van der Waals surface area contributed by atoms with E-state index < -0.39 is 0 Å². The fourth-order valence-corrected chi connectivity index (χ4v) is 2.66. The van der Waals surface area contributed by atoms with E-state index >= 15 is 0 Å². The van der Waals surface area contributed by atoms with Crippen molar-refractivity contribution in [3.8, 4) is 11.3 Å². The molecule has 1 N–H and O–H groups in total. The van der Waals surface area contributed by atoms with Crippen LogP contribution >= 0.6 is 15.9 Å². The molecule has 0 fully saturated rings. The molecule has 1 aliphatic heterocycles. The summed E-state index contributed by atoms with van der Waals surface area (Å²) in [5.74, 6) is 0.631. The smallest absolute Gasteiger partial charge is 0.230 e. The molecule has 104 valence electrons. The Kier molecular flexibility index (Phi) is 3.58. The number of amides is 1. The summed E-state index contributed by atoms with van der Waals surface area (Å²) < 4.78 is 8.31. The van der Waals surface area contributed by atoms with Gasteiger partial charge in [-0.2, -0.15) is 5.10 Å². The van der Waals surface area contributed by atoms with Crippen LogP contribution in [0.15, 0.2) is 34.8 Å². The van der Waals surface area contributed by atoms with Crippen LogP contribution in [0.1, 0.15) is 19.6 Å². The van der Waals surface area contributed by atoms with Crippen LogP contribution in [0.3, 0.4) is 0 Å². The molecule has 0 aliphatic carbocycles. The molecule has 1 aromatic carbocycles. The highest BCUT2D eigenvalue weighted by molar-refractivity contribution is 9.10. The van der Waals surface area contributed by atoms with E-state index in [2.05, 4.69) is 26.3 Å². The Labute approximate surface area is 125 Å². The Morgan fingerprint density at radius 2 is 2.35 bits per heavy atom. The third-order valence-corrected chi connectivity index (χ3v) is 3.61. The largest absolute Gasteiger partial charge is 0.356 e. The van der Waals surface area contributed by atoms with E-state index in [1.54, 1.807) is 4.68 Å². The molecule has 6 heteroatoms. The van der Waals surface area contributed by atoms with Crippen LogP contribution in [0, 0.1) is 0 Å². The molecule has 0 spiro atoms. The quantitative estimate of drug-likeness (QED) is 0.937.